The fourth-order valence-electron chi connectivity index (χ4n) is 2.86. The molecule has 0 unspecified atom stereocenters. The second kappa shape index (κ2) is 8.61. The molecule has 1 amide bonds. The Morgan fingerprint density at radius 3 is 2.43 bits per heavy atom. The second-order valence-electron chi connectivity index (χ2n) is 6.85. The highest BCUT2D eigenvalue weighted by Crippen LogP contribution is 2.14. The summed E-state index contributed by atoms with van der Waals surface area (Å²) in [7, 11) is 0. The molecule has 0 bridgehead atoms. The van der Waals surface area contributed by atoms with E-state index in [0.29, 0.717) is 17.3 Å². The summed E-state index contributed by atoms with van der Waals surface area (Å²) in [6.45, 7) is 6.30. The molecule has 3 rings (SSSR count). The van der Waals surface area contributed by atoms with E-state index in [-0.39, 0.29) is 17.2 Å². The molecule has 0 saturated carbocycles. The molecule has 144 valence electrons. The first kappa shape index (κ1) is 19.5. The number of rotatable bonds is 6. The van der Waals surface area contributed by atoms with Crippen LogP contribution in [-0.4, -0.2) is 21.4 Å². The van der Waals surface area contributed by atoms with Crippen LogP contribution in [0.3, 0.4) is 0 Å². The number of hydrazone groups is 1. The van der Waals surface area contributed by atoms with Crippen LogP contribution in [0.4, 0.5) is 0 Å². The Morgan fingerprint density at radius 1 is 1.11 bits per heavy atom. The van der Waals surface area contributed by atoms with Gasteiger partial charge in [0.2, 0.25) is 0 Å². The molecule has 1 N–H and O–H groups in total. The van der Waals surface area contributed by atoms with Gasteiger partial charge in [0.15, 0.2) is 5.69 Å². The zero-order valence-corrected chi connectivity index (χ0v) is 16.3. The summed E-state index contributed by atoms with van der Waals surface area (Å²) in [4.78, 5) is 25.6. The predicted octanol–water partition coefficient (Wildman–Crippen LogP) is 3.60. The lowest BCUT2D eigenvalue weighted by Crippen LogP contribution is -2.30. The third kappa shape index (κ3) is 4.17. The van der Waals surface area contributed by atoms with Gasteiger partial charge in [0, 0.05) is 11.1 Å². The van der Waals surface area contributed by atoms with Crippen molar-refractivity contribution in [2.24, 2.45) is 11.0 Å². The topological polar surface area (TPSA) is 76.3 Å². The number of amides is 1. The molecule has 6 heteroatoms. The Hall–Kier alpha value is -3.28. The number of nitrogens with one attached hydrogen (secondary N) is 1. The van der Waals surface area contributed by atoms with E-state index in [0.717, 1.165) is 17.7 Å². The first-order valence-electron chi connectivity index (χ1n) is 9.39. The number of carbonyl (C=O) groups excluding carboxylic acids is 1. The highest BCUT2D eigenvalue weighted by molar-refractivity contribution is 6.05. The molecule has 2 aromatic carbocycles. The van der Waals surface area contributed by atoms with Crippen LogP contribution >= 0.6 is 0 Å². The number of benzene rings is 2. The van der Waals surface area contributed by atoms with Gasteiger partial charge in [0.05, 0.1) is 11.9 Å². The Bertz CT molecular complexity index is 1070. The highest BCUT2D eigenvalue weighted by Gasteiger charge is 2.17. The maximum Gasteiger partial charge on any atom is 0.292 e. The van der Waals surface area contributed by atoms with Crippen molar-refractivity contribution in [3.8, 4) is 0 Å². The zero-order chi connectivity index (χ0) is 20.1. The van der Waals surface area contributed by atoms with Gasteiger partial charge in [-0.15, -0.1) is 0 Å². The SMILES string of the molecule is CC[C@@H](C)/C(C)=N\NC(=O)c1nn(Cc2ccccc2)c(=O)c2ccccc12. The van der Waals surface area contributed by atoms with Crippen LogP contribution < -0.4 is 11.0 Å². The van der Waals surface area contributed by atoms with E-state index in [2.05, 4.69) is 29.5 Å². The monoisotopic (exact) mass is 376 g/mol. The van der Waals surface area contributed by atoms with Crippen LogP contribution in [-0.2, 0) is 6.54 Å². The minimum absolute atomic E-state index is 0.187. The number of hydrogen-bond donors (Lipinski definition) is 1. The molecule has 0 saturated heterocycles. The first-order valence-corrected chi connectivity index (χ1v) is 9.39. The lowest BCUT2D eigenvalue weighted by Gasteiger charge is -2.11. The standard InChI is InChI=1S/C22H24N4O2/c1-4-15(2)16(3)23-24-21(27)20-18-12-8-9-13-19(18)22(28)26(25-20)14-17-10-6-5-7-11-17/h5-13,15H,4,14H2,1-3H3,(H,24,27)/b23-16-/t15-/m1/s1. The zero-order valence-electron chi connectivity index (χ0n) is 16.3. The van der Waals surface area contributed by atoms with Crippen LogP contribution in [0.5, 0.6) is 0 Å². The van der Waals surface area contributed by atoms with Gasteiger partial charge in [0.25, 0.3) is 11.5 Å². The average molecular weight is 376 g/mol. The minimum Gasteiger partial charge on any atom is -0.267 e. The molecule has 1 atom stereocenters. The van der Waals surface area contributed by atoms with Crippen molar-refractivity contribution in [1.82, 2.24) is 15.2 Å². The van der Waals surface area contributed by atoms with Crippen LogP contribution in [0.25, 0.3) is 10.8 Å². The summed E-state index contributed by atoms with van der Waals surface area (Å²) in [5.74, 6) is -0.155. The van der Waals surface area contributed by atoms with Crippen LogP contribution in [0.15, 0.2) is 64.5 Å². The molecule has 0 fully saturated rings. The summed E-state index contributed by atoms with van der Waals surface area (Å²) in [5.41, 5.74) is 4.33. The van der Waals surface area contributed by atoms with E-state index in [1.807, 2.05) is 37.3 Å². The van der Waals surface area contributed by atoms with Crippen molar-refractivity contribution >= 4 is 22.4 Å². The van der Waals surface area contributed by atoms with Gasteiger partial charge in [-0.3, -0.25) is 9.59 Å². The normalized spacial score (nSPS) is 12.8. The van der Waals surface area contributed by atoms with Gasteiger partial charge in [-0.2, -0.15) is 10.2 Å². The van der Waals surface area contributed by atoms with Crippen LogP contribution in [0.1, 0.15) is 43.2 Å². The Balaban J connectivity index is 2.02. The molecule has 0 radical (unpaired) electrons. The van der Waals surface area contributed by atoms with Crippen LogP contribution in [0.2, 0.25) is 0 Å². The van der Waals surface area contributed by atoms with Crippen molar-refractivity contribution in [2.45, 2.75) is 33.7 Å². The summed E-state index contributed by atoms with van der Waals surface area (Å²) in [6, 6.07) is 16.6. The van der Waals surface area contributed by atoms with E-state index in [1.54, 1.807) is 24.3 Å². The number of aromatic nitrogens is 2. The smallest absolute Gasteiger partial charge is 0.267 e. The number of carbonyl (C=O) groups is 1. The van der Waals surface area contributed by atoms with Gasteiger partial charge >= 0.3 is 0 Å². The number of hydrogen-bond acceptors (Lipinski definition) is 4. The molecule has 0 aliphatic rings. The average Bonchev–Trinajstić information content (AvgIpc) is 2.74. The van der Waals surface area contributed by atoms with Crippen molar-refractivity contribution in [3.05, 3.63) is 76.2 Å². The summed E-state index contributed by atoms with van der Waals surface area (Å²) >= 11 is 0. The molecule has 1 aromatic heterocycles. The number of nitrogens with zero attached hydrogens (tertiary/aromatic N) is 3. The molecule has 6 nitrogen and oxygen atoms in total. The fraction of sp³-hybridized carbons (Fsp3) is 0.273. The summed E-state index contributed by atoms with van der Waals surface area (Å²) in [5, 5.41) is 9.54. The predicted molar refractivity (Wildman–Crippen MR) is 112 cm³/mol. The van der Waals surface area contributed by atoms with Gasteiger partial charge < -0.3 is 0 Å². The fourth-order valence-corrected chi connectivity index (χ4v) is 2.86. The molecule has 1 heterocycles. The van der Waals surface area contributed by atoms with Crippen molar-refractivity contribution < 1.29 is 4.79 Å². The van der Waals surface area contributed by atoms with E-state index >= 15 is 0 Å². The first-order chi connectivity index (χ1) is 13.5. The maximum absolute atomic E-state index is 12.8. The summed E-state index contributed by atoms with van der Waals surface area (Å²) in [6.07, 6.45) is 0.939. The molecular formula is C22H24N4O2. The third-order valence-electron chi connectivity index (χ3n) is 4.92. The second-order valence-corrected chi connectivity index (χ2v) is 6.85. The van der Waals surface area contributed by atoms with Crippen molar-refractivity contribution in [1.29, 1.82) is 0 Å². The van der Waals surface area contributed by atoms with Crippen LogP contribution in [0, 0.1) is 5.92 Å². The van der Waals surface area contributed by atoms with Gasteiger partial charge in [-0.1, -0.05) is 62.4 Å². The molecule has 0 aliphatic carbocycles. The van der Waals surface area contributed by atoms with Crippen molar-refractivity contribution in [3.63, 3.8) is 0 Å². The van der Waals surface area contributed by atoms with E-state index in [9.17, 15) is 9.59 Å². The highest BCUT2D eigenvalue weighted by atomic mass is 16.2. The molecule has 0 aliphatic heterocycles. The van der Waals surface area contributed by atoms with Gasteiger partial charge in [0.1, 0.15) is 0 Å². The Kier molecular flexibility index (Phi) is 5.99. The Morgan fingerprint density at radius 2 is 1.75 bits per heavy atom. The van der Waals surface area contributed by atoms with E-state index in [1.165, 1.54) is 4.68 Å². The largest absolute Gasteiger partial charge is 0.292 e. The quantitative estimate of drug-likeness (QED) is 0.527. The van der Waals surface area contributed by atoms with Gasteiger partial charge in [-0.05, 0) is 30.9 Å². The lowest BCUT2D eigenvalue weighted by atomic mass is 10.1. The van der Waals surface area contributed by atoms with E-state index in [4.69, 9.17) is 0 Å². The molecule has 28 heavy (non-hydrogen) atoms. The third-order valence-corrected chi connectivity index (χ3v) is 4.92. The van der Waals surface area contributed by atoms with Gasteiger partial charge in [-0.25, -0.2) is 10.1 Å². The molecule has 0 spiro atoms. The minimum atomic E-state index is -0.430. The molecule has 3 aromatic rings. The van der Waals surface area contributed by atoms with E-state index < -0.39 is 5.91 Å². The maximum atomic E-state index is 12.8. The number of fused-ring (bicyclic) bond motifs is 1. The van der Waals surface area contributed by atoms with Crippen molar-refractivity contribution in [2.75, 3.05) is 0 Å². The summed E-state index contributed by atoms with van der Waals surface area (Å²) < 4.78 is 1.33. The molecular weight excluding hydrogens is 352 g/mol. The Labute approximate surface area is 163 Å². The lowest BCUT2D eigenvalue weighted by molar-refractivity contribution is 0.0949.